The Morgan fingerprint density at radius 2 is 2.07 bits per heavy atom. The summed E-state index contributed by atoms with van der Waals surface area (Å²) in [5.74, 6) is -1.32. The number of likely N-dealkylation sites (tertiary alicyclic amines) is 1. The van der Waals surface area contributed by atoms with Crippen LogP contribution in [0.5, 0.6) is 0 Å². The highest BCUT2D eigenvalue weighted by molar-refractivity contribution is 7.15. The summed E-state index contributed by atoms with van der Waals surface area (Å²) in [5, 5.41) is 2.15. The molecule has 3 heterocycles. The fourth-order valence-electron chi connectivity index (χ4n) is 2.97. The van der Waals surface area contributed by atoms with Gasteiger partial charge in [0.15, 0.2) is 16.7 Å². The van der Waals surface area contributed by atoms with E-state index in [2.05, 4.69) is 4.98 Å². The molecule has 0 atom stereocenters. The number of hydrogen-bond donors (Lipinski definition) is 0. The van der Waals surface area contributed by atoms with Gasteiger partial charge in [0.05, 0.1) is 18.2 Å². The minimum atomic E-state index is -0.643. The molecule has 1 aliphatic rings. The number of fused-ring (bicyclic) bond motifs is 1. The molecule has 0 N–H and O–H groups in total. The number of aromatic nitrogens is 2. The average molecular weight is 426 g/mol. The van der Waals surface area contributed by atoms with Crippen molar-refractivity contribution >= 4 is 51.8 Å². The number of carbonyl (C=O) groups excluding carboxylic acids is 3. The molecule has 28 heavy (non-hydrogen) atoms. The normalized spacial score (nSPS) is 15.3. The van der Waals surface area contributed by atoms with Crippen molar-refractivity contribution in [3.8, 4) is 0 Å². The van der Waals surface area contributed by atoms with Crippen LogP contribution in [-0.4, -0.2) is 58.4 Å². The number of ether oxygens (including phenoxy) is 2. The molecule has 0 saturated carbocycles. The zero-order valence-electron chi connectivity index (χ0n) is 15.3. The molecule has 2 aromatic heterocycles. The fourth-order valence-corrected chi connectivity index (χ4v) is 3.98. The number of rotatable bonds is 6. The Labute approximate surface area is 170 Å². The highest BCUT2D eigenvalue weighted by Crippen LogP contribution is 2.22. The van der Waals surface area contributed by atoms with Crippen LogP contribution in [-0.2, 0) is 23.9 Å². The highest BCUT2D eigenvalue weighted by atomic mass is 35.5. The lowest BCUT2D eigenvalue weighted by molar-refractivity contribution is -0.153. The van der Waals surface area contributed by atoms with Gasteiger partial charge in [0, 0.05) is 30.7 Å². The molecule has 10 heteroatoms. The predicted octanol–water partition coefficient (Wildman–Crippen LogP) is 2.41. The minimum Gasteiger partial charge on any atom is -0.466 e. The quantitative estimate of drug-likeness (QED) is 0.521. The first-order valence-corrected chi connectivity index (χ1v) is 10.2. The molecule has 0 spiro atoms. The second-order valence-electron chi connectivity index (χ2n) is 6.19. The number of esters is 2. The van der Waals surface area contributed by atoms with Gasteiger partial charge in [-0.15, -0.1) is 11.3 Å². The SMILES string of the molecule is CCOC(=O)C1CCN(C(=O)COC(=O)/C=C\c2c(Cl)nc3sccn23)CC1. The van der Waals surface area contributed by atoms with Gasteiger partial charge in [0.25, 0.3) is 5.91 Å². The number of imidazole rings is 1. The lowest BCUT2D eigenvalue weighted by Gasteiger charge is -2.30. The van der Waals surface area contributed by atoms with Crippen LogP contribution in [0.2, 0.25) is 5.15 Å². The molecule has 2 aromatic rings. The molecule has 1 fully saturated rings. The van der Waals surface area contributed by atoms with Crippen LogP contribution >= 0.6 is 22.9 Å². The second kappa shape index (κ2) is 9.20. The Morgan fingerprint density at radius 1 is 1.32 bits per heavy atom. The van der Waals surface area contributed by atoms with Gasteiger partial charge in [0.1, 0.15) is 0 Å². The summed E-state index contributed by atoms with van der Waals surface area (Å²) in [7, 11) is 0. The number of carbonyl (C=O) groups is 3. The van der Waals surface area contributed by atoms with E-state index in [0.717, 1.165) is 4.96 Å². The standard InChI is InChI=1S/C18H20ClN3O5S/c1-2-26-17(25)12-5-7-21(8-6-12)14(23)11-27-15(24)4-3-13-16(19)20-18-22(13)9-10-28-18/h3-4,9-10,12H,2,5-8,11H2,1H3/b4-3-. The van der Waals surface area contributed by atoms with Crippen molar-refractivity contribution in [3.05, 3.63) is 28.5 Å². The molecule has 0 unspecified atom stereocenters. The van der Waals surface area contributed by atoms with Gasteiger partial charge in [-0.05, 0) is 25.8 Å². The van der Waals surface area contributed by atoms with Crippen LogP contribution < -0.4 is 0 Å². The van der Waals surface area contributed by atoms with Crippen LogP contribution in [0.3, 0.4) is 0 Å². The summed E-state index contributed by atoms with van der Waals surface area (Å²) in [6, 6.07) is 0. The molecule has 1 amide bonds. The van der Waals surface area contributed by atoms with Crippen molar-refractivity contribution in [2.45, 2.75) is 19.8 Å². The third-order valence-corrected chi connectivity index (χ3v) is 5.47. The zero-order valence-corrected chi connectivity index (χ0v) is 16.9. The number of hydrogen-bond acceptors (Lipinski definition) is 7. The largest absolute Gasteiger partial charge is 0.466 e. The predicted molar refractivity (Wildman–Crippen MR) is 104 cm³/mol. The molecule has 8 nitrogen and oxygen atoms in total. The van der Waals surface area contributed by atoms with Crippen molar-refractivity contribution in [3.63, 3.8) is 0 Å². The fraction of sp³-hybridized carbons (Fsp3) is 0.444. The van der Waals surface area contributed by atoms with E-state index in [9.17, 15) is 14.4 Å². The summed E-state index contributed by atoms with van der Waals surface area (Å²) in [6.45, 7) is 2.66. The Kier molecular flexibility index (Phi) is 6.69. The first-order chi connectivity index (χ1) is 13.5. The number of nitrogens with zero attached hydrogens (tertiary/aromatic N) is 3. The van der Waals surface area contributed by atoms with E-state index in [1.165, 1.54) is 23.5 Å². The Hall–Kier alpha value is -2.39. The molecule has 0 bridgehead atoms. The molecular formula is C18H20ClN3O5S. The Morgan fingerprint density at radius 3 is 2.79 bits per heavy atom. The van der Waals surface area contributed by atoms with Gasteiger partial charge in [-0.1, -0.05) is 11.6 Å². The van der Waals surface area contributed by atoms with E-state index >= 15 is 0 Å². The van der Waals surface area contributed by atoms with Crippen LogP contribution in [0, 0.1) is 5.92 Å². The smallest absolute Gasteiger partial charge is 0.331 e. The summed E-state index contributed by atoms with van der Waals surface area (Å²) in [6.07, 6.45) is 5.62. The van der Waals surface area contributed by atoms with Gasteiger partial charge >= 0.3 is 11.9 Å². The van der Waals surface area contributed by atoms with E-state index in [1.54, 1.807) is 22.4 Å². The lowest BCUT2D eigenvalue weighted by Crippen LogP contribution is -2.42. The Bertz CT molecular complexity index is 898. The van der Waals surface area contributed by atoms with Gasteiger partial charge in [0.2, 0.25) is 0 Å². The van der Waals surface area contributed by atoms with Crippen molar-refractivity contribution in [1.82, 2.24) is 14.3 Å². The van der Waals surface area contributed by atoms with E-state index in [4.69, 9.17) is 21.1 Å². The zero-order chi connectivity index (χ0) is 20.1. The summed E-state index contributed by atoms with van der Waals surface area (Å²) in [5.41, 5.74) is 0.572. The number of amides is 1. The van der Waals surface area contributed by atoms with Crippen molar-refractivity contribution in [2.24, 2.45) is 5.92 Å². The first kappa shape index (κ1) is 20.3. The number of piperidine rings is 1. The van der Waals surface area contributed by atoms with Gasteiger partial charge in [-0.25, -0.2) is 9.78 Å². The number of halogens is 1. The van der Waals surface area contributed by atoms with Gasteiger partial charge in [-0.3, -0.25) is 14.0 Å². The maximum Gasteiger partial charge on any atom is 0.331 e. The summed E-state index contributed by atoms with van der Waals surface area (Å²) < 4.78 is 11.8. The maximum absolute atomic E-state index is 12.2. The van der Waals surface area contributed by atoms with E-state index in [-0.39, 0.29) is 29.6 Å². The molecule has 1 saturated heterocycles. The van der Waals surface area contributed by atoms with Crippen LogP contribution in [0.25, 0.3) is 11.0 Å². The topological polar surface area (TPSA) is 90.2 Å². The molecule has 0 radical (unpaired) electrons. The molecule has 0 aromatic carbocycles. The number of thiazole rings is 1. The molecule has 150 valence electrons. The van der Waals surface area contributed by atoms with E-state index in [0.29, 0.717) is 38.2 Å². The third-order valence-electron chi connectivity index (χ3n) is 4.44. The van der Waals surface area contributed by atoms with Crippen molar-refractivity contribution < 1.29 is 23.9 Å². The Balaban J connectivity index is 1.46. The average Bonchev–Trinajstić information content (AvgIpc) is 3.25. The minimum absolute atomic E-state index is 0.177. The molecular weight excluding hydrogens is 406 g/mol. The van der Waals surface area contributed by atoms with Gasteiger partial charge < -0.3 is 14.4 Å². The molecule has 3 rings (SSSR count). The van der Waals surface area contributed by atoms with Crippen molar-refractivity contribution in [2.75, 3.05) is 26.3 Å². The third kappa shape index (κ3) is 4.71. The first-order valence-electron chi connectivity index (χ1n) is 8.90. The maximum atomic E-state index is 12.2. The molecule has 0 aliphatic carbocycles. The summed E-state index contributed by atoms with van der Waals surface area (Å²) in [4.78, 5) is 42.3. The molecule has 1 aliphatic heterocycles. The van der Waals surface area contributed by atoms with Crippen LogP contribution in [0.1, 0.15) is 25.5 Å². The van der Waals surface area contributed by atoms with E-state index in [1.807, 2.05) is 5.38 Å². The van der Waals surface area contributed by atoms with Crippen molar-refractivity contribution in [1.29, 1.82) is 0 Å². The second-order valence-corrected chi connectivity index (χ2v) is 7.42. The highest BCUT2D eigenvalue weighted by Gasteiger charge is 2.28. The van der Waals surface area contributed by atoms with Gasteiger partial charge in [-0.2, -0.15) is 0 Å². The van der Waals surface area contributed by atoms with E-state index < -0.39 is 5.97 Å². The van der Waals surface area contributed by atoms with Crippen LogP contribution in [0.4, 0.5) is 0 Å². The van der Waals surface area contributed by atoms with Crippen LogP contribution in [0.15, 0.2) is 17.7 Å². The monoisotopic (exact) mass is 425 g/mol. The summed E-state index contributed by atoms with van der Waals surface area (Å²) >= 11 is 7.48. The lowest BCUT2D eigenvalue weighted by atomic mass is 9.97.